The lowest BCUT2D eigenvalue weighted by Gasteiger charge is -2.39. The quantitative estimate of drug-likeness (QED) is 0.750. The molecule has 0 radical (unpaired) electrons. The van der Waals surface area contributed by atoms with Crippen molar-refractivity contribution in [3.05, 3.63) is 29.3 Å². The van der Waals surface area contributed by atoms with Crippen LogP contribution in [0.1, 0.15) is 51.2 Å². The molecule has 1 unspecified atom stereocenters. The Morgan fingerprint density at radius 2 is 1.81 bits per heavy atom. The largest absolute Gasteiger partial charge is 0.508 e. The van der Waals surface area contributed by atoms with Crippen LogP contribution in [0, 0.1) is 12.3 Å². The van der Waals surface area contributed by atoms with Crippen molar-refractivity contribution in [3.63, 3.8) is 0 Å². The summed E-state index contributed by atoms with van der Waals surface area (Å²) >= 11 is 0. The second kappa shape index (κ2) is 3.51. The molecule has 0 bridgehead atoms. The molecular formula is C15H22O. The van der Waals surface area contributed by atoms with Crippen LogP contribution in [0.2, 0.25) is 0 Å². The monoisotopic (exact) mass is 218 g/mol. The normalized spacial score (nSPS) is 28.2. The number of aromatic hydroxyl groups is 1. The summed E-state index contributed by atoms with van der Waals surface area (Å²) < 4.78 is 0. The van der Waals surface area contributed by atoms with Crippen LogP contribution >= 0.6 is 0 Å². The van der Waals surface area contributed by atoms with E-state index in [0.717, 1.165) is 5.56 Å². The molecule has 16 heavy (non-hydrogen) atoms. The van der Waals surface area contributed by atoms with E-state index in [1.807, 2.05) is 12.1 Å². The first-order valence-electron chi connectivity index (χ1n) is 6.17. The lowest BCUT2D eigenvalue weighted by Crippen LogP contribution is -2.34. The number of hydrogen-bond acceptors (Lipinski definition) is 1. The maximum Gasteiger partial charge on any atom is 0.119 e. The van der Waals surface area contributed by atoms with Gasteiger partial charge in [0, 0.05) is 11.0 Å². The summed E-state index contributed by atoms with van der Waals surface area (Å²) in [5, 5.41) is 10.1. The summed E-state index contributed by atoms with van der Waals surface area (Å²) in [5.41, 5.74) is 2.76. The van der Waals surface area contributed by atoms with Crippen LogP contribution in [0.3, 0.4) is 0 Å². The highest BCUT2D eigenvalue weighted by Gasteiger charge is 2.47. The zero-order valence-electron chi connectivity index (χ0n) is 10.8. The van der Waals surface area contributed by atoms with Gasteiger partial charge in [0.25, 0.3) is 0 Å². The predicted molar refractivity (Wildman–Crippen MR) is 67.8 cm³/mol. The maximum atomic E-state index is 10.1. The van der Waals surface area contributed by atoms with Gasteiger partial charge in [0.15, 0.2) is 0 Å². The Bertz CT molecular complexity index is 406. The van der Waals surface area contributed by atoms with Crippen LogP contribution in [-0.4, -0.2) is 5.11 Å². The smallest absolute Gasteiger partial charge is 0.119 e. The van der Waals surface area contributed by atoms with Gasteiger partial charge in [-0.15, -0.1) is 0 Å². The average Bonchev–Trinajstić information content (AvgIpc) is 2.46. The van der Waals surface area contributed by atoms with E-state index in [4.69, 9.17) is 0 Å². The SMILES string of the molecule is Cc1ccc(O)c(C2(C)CCCC2(C)C)c1. The molecule has 2 rings (SSSR count). The number of benzene rings is 1. The third kappa shape index (κ3) is 1.53. The highest BCUT2D eigenvalue weighted by atomic mass is 16.3. The van der Waals surface area contributed by atoms with Crippen molar-refractivity contribution >= 4 is 0 Å². The Labute approximate surface area is 98.5 Å². The van der Waals surface area contributed by atoms with Crippen LogP contribution in [0.4, 0.5) is 0 Å². The van der Waals surface area contributed by atoms with Crippen molar-refractivity contribution in [2.75, 3.05) is 0 Å². The molecule has 1 aromatic rings. The van der Waals surface area contributed by atoms with Gasteiger partial charge < -0.3 is 5.11 Å². The number of phenolic OH excluding ortho intramolecular Hbond substituents is 1. The van der Waals surface area contributed by atoms with E-state index in [-0.39, 0.29) is 10.8 Å². The van der Waals surface area contributed by atoms with Gasteiger partial charge in [-0.3, -0.25) is 0 Å². The molecule has 0 saturated heterocycles. The zero-order valence-corrected chi connectivity index (χ0v) is 10.8. The second-order valence-corrected chi connectivity index (χ2v) is 6.09. The van der Waals surface area contributed by atoms with E-state index in [0.29, 0.717) is 5.75 Å². The van der Waals surface area contributed by atoms with E-state index < -0.39 is 0 Å². The first-order chi connectivity index (χ1) is 7.37. The molecule has 88 valence electrons. The summed E-state index contributed by atoms with van der Waals surface area (Å²) in [6, 6.07) is 5.97. The number of rotatable bonds is 1. The number of aryl methyl sites for hydroxylation is 1. The topological polar surface area (TPSA) is 20.2 Å². The molecule has 1 nitrogen and oxygen atoms in total. The van der Waals surface area contributed by atoms with Gasteiger partial charge in [0.05, 0.1) is 0 Å². The summed E-state index contributed by atoms with van der Waals surface area (Å²) in [5.74, 6) is 0.461. The molecule has 0 spiro atoms. The summed E-state index contributed by atoms with van der Waals surface area (Å²) in [4.78, 5) is 0. The molecule has 1 N–H and O–H groups in total. The lowest BCUT2D eigenvalue weighted by molar-refractivity contribution is 0.219. The fraction of sp³-hybridized carbons (Fsp3) is 0.600. The average molecular weight is 218 g/mol. The maximum absolute atomic E-state index is 10.1. The third-order valence-corrected chi connectivity index (χ3v) is 4.72. The Hall–Kier alpha value is -0.980. The fourth-order valence-corrected chi connectivity index (χ4v) is 3.09. The minimum absolute atomic E-state index is 0.114. The van der Waals surface area contributed by atoms with Crippen LogP contribution in [0.5, 0.6) is 5.75 Å². The molecule has 0 heterocycles. The van der Waals surface area contributed by atoms with E-state index in [9.17, 15) is 5.11 Å². The van der Waals surface area contributed by atoms with E-state index in [2.05, 4.69) is 33.8 Å². The minimum atomic E-state index is 0.114. The molecule has 0 aliphatic heterocycles. The first kappa shape index (κ1) is 11.5. The molecule has 0 amide bonds. The number of phenols is 1. The van der Waals surface area contributed by atoms with Gasteiger partial charge >= 0.3 is 0 Å². The molecular weight excluding hydrogens is 196 g/mol. The Kier molecular flexibility index (Phi) is 2.52. The van der Waals surface area contributed by atoms with Crippen LogP contribution in [0.15, 0.2) is 18.2 Å². The third-order valence-electron chi connectivity index (χ3n) is 4.72. The molecule has 1 saturated carbocycles. The van der Waals surface area contributed by atoms with Gasteiger partial charge in [0.2, 0.25) is 0 Å². The van der Waals surface area contributed by atoms with Gasteiger partial charge in [0.1, 0.15) is 5.75 Å². The highest BCUT2D eigenvalue weighted by Crippen LogP contribution is 2.55. The van der Waals surface area contributed by atoms with Crippen molar-refractivity contribution < 1.29 is 5.11 Å². The molecule has 1 atom stereocenters. The van der Waals surface area contributed by atoms with Gasteiger partial charge in [-0.1, -0.05) is 44.9 Å². The van der Waals surface area contributed by atoms with Crippen molar-refractivity contribution in [2.45, 2.75) is 52.4 Å². The number of hydrogen-bond donors (Lipinski definition) is 1. The molecule has 1 aromatic carbocycles. The summed E-state index contributed by atoms with van der Waals surface area (Å²) in [6.07, 6.45) is 3.69. The van der Waals surface area contributed by atoms with Crippen LogP contribution in [-0.2, 0) is 5.41 Å². The van der Waals surface area contributed by atoms with Crippen LogP contribution < -0.4 is 0 Å². The molecule has 0 aromatic heterocycles. The van der Waals surface area contributed by atoms with E-state index in [1.165, 1.54) is 24.8 Å². The summed E-state index contributed by atoms with van der Waals surface area (Å²) in [7, 11) is 0. The van der Waals surface area contributed by atoms with E-state index >= 15 is 0 Å². The van der Waals surface area contributed by atoms with Crippen molar-refractivity contribution in [2.24, 2.45) is 5.41 Å². The Balaban J connectivity index is 2.55. The van der Waals surface area contributed by atoms with Gasteiger partial charge in [-0.25, -0.2) is 0 Å². The Morgan fingerprint density at radius 3 is 2.38 bits per heavy atom. The lowest BCUT2D eigenvalue weighted by atomic mass is 9.65. The molecule has 1 aliphatic rings. The summed E-state index contributed by atoms with van der Waals surface area (Å²) in [6.45, 7) is 9.03. The second-order valence-electron chi connectivity index (χ2n) is 6.09. The molecule has 1 fully saturated rings. The zero-order chi connectivity index (χ0) is 12.0. The minimum Gasteiger partial charge on any atom is -0.508 e. The predicted octanol–water partition coefficient (Wildman–Crippen LogP) is 4.17. The molecule has 1 aliphatic carbocycles. The Morgan fingerprint density at radius 1 is 1.12 bits per heavy atom. The van der Waals surface area contributed by atoms with Crippen molar-refractivity contribution in [1.29, 1.82) is 0 Å². The van der Waals surface area contributed by atoms with Crippen molar-refractivity contribution in [3.8, 4) is 5.75 Å². The molecule has 1 heteroatoms. The van der Waals surface area contributed by atoms with Crippen molar-refractivity contribution in [1.82, 2.24) is 0 Å². The van der Waals surface area contributed by atoms with Gasteiger partial charge in [-0.05, 0) is 31.2 Å². The van der Waals surface area contributed by atoms with Crippen LogP contribution in [0.25, 0.3) is 0 Å². The standard InChI is InChI=1S/C15H22O/c1-11-6-7-13(16)12(10-11)15(4)9-5-8-14(15,2)3/h6-7,10,16H,5,8-9H2,1-4H3. The highest BCUT2D eigenvalue weighted by molar-refractivity contribution is 5.43. The first-order valence-corrected chi connectivity index (χ1v) is 6.17. The fourth-order valence-electron chi connectivity index (χ4n) is 3.09. The van der Waals surface area contributed by atoms with E-state index in [1.54, 1.807) is 0 Å². The van der Waals surface area contributed by atoms with Gasteiger partial charge in [-0.2, -0.15) is 0 Å².